The maximum absolute atomic E-state index is 13.9. The second kappa shape index (κ2) is 11.1. The van der Waals surface area contributed by atoms with Gasteiger partial charge >= 0.3 is 0 Å². The largest absolute Gasteiger partial charge is 0.493 e. The minimum atomic E-state index is -1.04. The number of benzene rings is 1. The number of Topliss-reactive ketones (excluding diaryl/α,β-unsaturated/α-hetero) is 1. The van der Waals surface area contributed by atoms with Crippen molar-refractivity contribution >= 4 is 23.5 Å². The summed E-state index contributed by atoms with van der Waals surface area (Å²) in [5, 5.41) is 2.93. The van der Waals surface area contributed by atoms with Crippen molar-refractivity contribution in [1.82, 2.24) is 15.1 Å². The Balaban J connectivity index is 1.87. The van der Waals surface area contributed by atoms with E-state index in [1.165, 1.54) is 17.9 Å². The van der Waals surface area contributed by atoms with Crippen molar-refractivity contribution in [3.05, 3.63) is 29.8 Å². The molecule has 3 amide bonds. The molecule has 2 saturated heterocycles. The van der Waals surface area contributed by atoms with Gasteiger partial charge in [0, 0.05) is 37.9 Å². The number of carbonyl (C=O) groups excluding carboxylic acids is 4. The number of rotatable bonds is 8. The lowest BCUT2D eigenvalue weighted by Crippen LogP contribution is -2.58. The molecule has 2 aliphatic rings. The summed E-state index contributed by atoms with van der Waals surface area (Å²) in [6.45, 7) is 11.1. The smallest absolute Gasteiger partial charge is 0.289 e. The average molecular weight is 522 g/mol. The third-order valence-electron chi connectivity index (χ3n) is 7.39. The Labute approximate surface area is 216 Å². The molecule has 8 nitrogen and oxygen atoms in total. The molecule has 1 N–H and O–H groups in total. The van der Waals surface area contributed by atoms with E-state index < -0.39 is 40.8 Å². The zero-order valence-electron chi connectivity index (χ0n) is 22.3. The summed E-state index contributed by atoms with van der Waals surface area (Å²) in [5.74, 6) is -4.23. The number of ether oxygens (including phenoxy) is 1. The van der Waals surface area contributed by atoms with Gasteiger partial charge in [-0.2, -0.15) is 0 Å². The lowest BCUT2D eigenvalue weighted by atomic mass is 9.84. The SMILES string of the molecule is CC[C@@H](C)C(=O)N[C@H](C(=O)N1CC[C@@H]2[C@H]1[C@@H](COc1ccc(F)c(F)c1)CN2C(=O)C(C)=O)C(C)(C)C. The molecule has 0 aromatic heterocycles. The molecule has 5 atom stereocenters. The van der Waals surface area contributed by atoms with Gasteiger partial charge in [-0.1, -0.05) is 34.6 Å². The van der Waals surface area contributed by atoms with Crippen molar-refractivity contribution in [2.75, 3.05) is 19.7 Å². The molecule has 10 heteroatoms. The van der Waals surface area contributed by atoms with Gasteiger partial charge in [-0.25, -0.2) is 8.78 Å². The molecule has 1 aromatic carbocycles. The number of halogens is 2. The normalized spacial score (nSPS) is 22.9. The maximum Gasteiger partial charge on any atom is 0.289 e. The molecule has 0 radical (unpaired) electrons. The van der Waals surface area contributed by atoms with Gasteiger partial charge in [-0.05, 0) is 30.4 Å². The van der Waals surface area contributed by atoms with Crippen LogP contribution in [0.25, 0.3) is 0 Å². The highest BCUT2D eigenvalue weighted by molar-refractivity contribution is 6.35. The number of likely N-dealkylation sites (tertiary alicyclic amines) is 2. The van der Waals surface area contributed by atoms with Crippen molar-refractivity contribution < 1.29 is 32.7 Å². The maximum atomic E-state index is 13.9. The van der Waals surface area contributed by atoms with Crippen LogP contribution in [0.4, 0.5) is 8.78 Å². The summed E-state index contributed by atoms with van der Waals surface area (Å²) in [4.78, 5) is 54.4. The van der Waals surface area contributed by atoms with Crippen LogP contribution in [-0.2, 0) is 19.2 Å². The van der Waals surface area contributed by atoms with Gasteiger partial charge < -0.3 is 19.9 Å². The lowest BCUT2D eigenvalue weighted by molar-refractivity contribution is -0.144. The molecule has 2 heterocycles. The minimum Gasteiger partial charge on any atom is -0.493 e. The standard InChI is InChI=1S/C27H37F2N3O5/c1-7-15(2)24(34)30-23(27(4,5)6)26(36)31-11-10-21-22(31)17(13-32(21)25(35)16(3)33)14-37-18-8-9-19(28)20(29)12-18/h8-9,12,15,17,21-23H,7,10-11,13-14H2,1-6H3,(H,30,34)/t15-,17-,21-,22-,23-/m1/s1. The molecule has 37 heavy (non-hydrogen) atoms. The monoisotopic (exact) mass is 521 g/mol. The van der Waals surface area contributed by atoms with E-state index in [0.717, 1.165) is 12.1 Å². The molecule has 2 aliphatic heterocycles. The highest BCUT2D eigenvalue weighted by Crippen LogP contribution is 2.38. The van der Waals surface area contributed by atoms with Gasteiger partial charge in [0.05, 0.1) is 18.7 Å². The second-order valence-electron chi connectivity index (χ2n) is 11.2. The molecule has 204 valence electrons. The van der Waals surface area contributed by atoms with Crippen LogP contribution < -0.4 is 10.1 Å². The molecule has 1 aromatic rings. The summed E-state index contributed by atoms with van der Waals surface area (Å²) < 4.78 is 32.8. The van der Waals surface area contributed by atoms with E-state index in [-0.39, 0.29) is 48.6 Å². The van der Waals surface area contributed by atoms with Crippen LogP contribution in [0.5, 0.6) is 5.75 Å². The Bertz CT molecular complexity index is 1060. The first-order chi connectivity index (χ1) is 17.3. The Morgan fingerprint density at radius 1 is 1.14 bits per heavy atom. The Morgan fingerprint density at radius 2 is 1.81 bits per heavy atom. The average Bonchev–Trinajstić information content (AvgIpc) is 3.41. The molecule has 2 fully saturated rings. The fourth-order valence-electron chi connectivity index (χ4n) is 5.10. The van der Waals surface area contributed by atoms with Crippen LogP contribution in [-0.4, -0.2) is 71.1 Å². The van der Waals surface area contributed by atoms with Gasteiger partial charge in [-0.15, -0.1) is 0 Å². The number of nitrogens with one attached hydrogen (secondary N) is 1. The Morgan fingerprint density at radius 3 is 2.38 bits per heavy atom. The highest BCUT2D eigenvalue weighted by Gasteiger charge is 2.54. The zero-order chi connectivity index (χ0) is 27.7. The first kappa shape index (κ1) is 28.5. The summed E-state index contributed by atoms with van der Waals surface area (Å²) in [6.07, 6.45) is 1.12. The predicted molar refractivity (Wildman–Crippen MR) is 132 cm³/mol. The number of amides is 3. The lowest BCUT2D eigenvalue weighted by Gasteiger charge is -2.37. The number of fused-ring (bicyclic) bond motifs is 1. The molecule has 0 spiro atoms. The molecule has 0 saturated carbocycles. The first-order valence-electron chi connectivity index (χ1n) is 12.8. The van der Waals surface area contributed by atoms with Crippen LogP contribution in [0.3, 0.4) is 0 Å². The first-order valence-corrected chi connectivity index (χ1v) is 12.8. The fourth-order valence-corrected chi connectivity index (χ4v) is 5.10. The third kappa shape index (κ3) is 6.10. The van der Waals surface area contributed by atoms with E-state index in [1.54, 1.807) is 11.8 Å². The molecule has 0 aliphatic carbocycles. The number of ketones is 1. The van der Waals surface area contributed by atoms with E-state index in [2.05, 4.69) is 5.32 Å². The van der Waals surface area contributed by atoms with Crippen LogP contribution >= 0.6 is 0 Å². The number of hydrogen-bond donors (Lipinski definition) is 1. The van der Waals surface area contributed by atoms with Crippen molar-refractivity contribution in [2.45, 2.75) is 72.5 Å². The summed E-state index contributed by atoms with van der Waals surface area (Å²) in [6, 6.07) is 1.58. The van der Waals surface area contributed by atoms with Gasteiger partial charge in [0.1, 0.15) is 11.8 Å². The topological polar surface area (TPSA) is 96.0 Å². The van der Waals surface area contributed by atoms with Crippen molar-refractivity contribution in [1.29, 1.82) is 0 Å². The quantitative estimate of drug-likeness (QED) is 0.531. The van der Waals surface area contributed by atoms with Crippen molar-refractivity contribution in [2.24, 2.45) is 17.3 Å². The molecular formula is C27H37F2N3O5. The van der Waals surface area contributed by atoms with E-state index in [4.69, 9.17) is 4.74 Å². The van der Waals surface area contributed by atoms with E-state index >= 15 is 0 Å². The summed E-state index contributed by atoms with van der Waals surface area (Å²) in [7, 11) is 0. The van der Waals surface area contributed by atoms with E-state index in [9.17, 15) is 28.0 Å². The van der Waals surface area contributed by atoms with Crippen molar-refractivity contribution in [3.8, 4) is 5.75 Å². The number of carbonyl (C=O) groups is 4. The number of hydrogen-bond acceptors (Lipinski definition) is 5. The fraction of sp³-hybridized carbons (Fsp3) is 0.630. The Kier molecular flexibility index (Phi) is 8.59. The van der Waals surface area contributed by atoms with Gasteiger partial charge in [0.2, 0.25) is 17.6 Å². The predicted octanol–water partition coefficient (Wildman–Crippen LogP) is 2.94. The second-order valence-corrected chi connectivity index (χ2v) is 11.2. The van der Waals surface area contributed by atoms with Crippen LogP contribution in [0.1, 0.15) is 54.4 Å². The van der Waals surface area contributed by atoms with Crippen molar-refractivity contribution in [3.63, 3.8) is 0 Å². The molecule has 0 bridgehead atoms. The summed E-state index contributed by atoms with van der Waals surface area (Å²) >= 11 is 0. The van der Waals surface area contributed by atoms with Gasteiger partial charge in [0.15, 0.2) is 11.6 Å². The van der Waals surface area contributed by atoms with E-state index in [0.29, 0.717) is 19.4 Å². The van der Waals surface area contributed by atoms with E-state index in [1.807, 2.05) is 27.7 Å². The van der Waals surface area contributed by atoms with Crippen LogP contribution in [0, 0.1) is 28.9 Å². The van der Waals surface area contributed by atoms with Gasteiger partial charge in [0.25, 0.3) is 5.91 Å². The Hall–Kier alpha value is -3.04. The molecular weight excluding hydrogens is 484 g/mol. The number of nitrogens with zero attached hydrogens (tertiary/aromatic N) is 2. The zero-order valence-corrected chi connectivity index (χ0v) is 22.3. The van der Waals surface area contributed by atoms with Crippen LogP contribution in [0.2, 0.25) is 0 Å². The highest BCUT2D eigenvalue weighted by atomic mass is 19.2. The summed E-state index contributed by atoms with van der Waals surface area (Å²) in [5.41, 5.74) is -0.580. The molecule has 3 rings (SSSR count). The molecule has 0 unspecified atom stereocenters. The third-order valence-corrected chi connectivity index (χ3v) is 7.39. The van der Waals surface area contributed by atoms with Gasteiger partial charge in [-0.3, -0.25) is 19.2 Å². The minimum absolute atomic E-state index is 0.0249. The van der Waals surface area contributed by atoms with Crippen LogP contribution in [0.15, 0.2) is 18.2 Å².